The van der Waals surface area contributed by atoms with E-state index in [0.29, 0.717) is 11.3 Å². The van der Waals surface area contributed by atoms with Gasteiger partial charge in [0.15, 0.2) is 11.5 Å². The summed E-state index contributed by atoms with van der Waals surface area (Å²) < 4.78 is 4.97. The first-order valence-corrected chi connectivity index (χ1v) is 7.39. The van der Waals surface area contributed by atoms with E-state index < -0.39 is 5.91 Å². The van der Waals surface area contributed by atoms with Gasteiger partial charge in [0.2, 0.25) is 0 Å². The predicted molar refractivity (Wildman–Crippen MR) is 91.2 cm³/mol. The molecule has 122 valence electrons. The number of hydrogen-bond acceptors (Lipinski definition) is 4. The number of ether oxygens (including phenoxy) is 1. The lowest BCUT2D eigenvalue weighted by atomic mass is 10.1. The second kappa shape index (κ2) is 7.84. The standard InChI is InChI=1S/C19H18N2O3/c1-13(15-6-4-3-5-7-15)21-19(23)16(12-20)10-14-8-9-18(24-2)17(22)11-14/h3-11,13,22H,1-2H3,(H,21,23)/b16-10-/t13-/m0/s1. The summed E-state index contributed by atoms with van der Waals surface area (Å²) in [5, 5.41) is 21.8. The molecule has 0 aliphatic heterocycles. The van der Waals surface area contributed by atoms with Crippen molar-refractivity contribution in [1.82, 2.24) is 5.32 Å². The summed E-state index contributed by atoms with van der Waals surface area (Å²) in [5.74, 6) is -0.196. The molecule has 2 rings (SSSR count). The van der Waals surface area contributed by atoms with Crippen LogP contribution in [0.2, 0.25) is 0 Å². The van der Waals surface area contributed by atoms with E-state index in [1.54, 1.807) is 12.1 Å². The molecule has 24 heavy (non-hydrogen) atoms. The van der Waals surface area contributed by atoms with Crippen molar-refractivity contribution in [3.8, 4) is 17.6 Å². The van der Waals surface area contributed by atoms with Gasteiger partial charge in [0.1, 0.15) is 11.6 Å². The minimum atomic E-state index is -0.468. The number of hydrogen-bond donors (Lipinski definition) is 2. The largest absolute Gasteiger partial charge is 0.504 e. The van der Waals surface area contributed by atoms with Crippen LogP contribution in [0.1, 0.15) is 24.1 Å². The number of nitrogens with zero attached hydrogens (tertiary/aromatic N) is 1. The van der Waals surface area contributed by atoms with E-state index in [9.17, 15) is 15.2 Å². The summed E-state index contributed by atoms with van der Waals surface area (Å²) in [6.07, 6.45) is 1.42. The number of carbonyl (C=O) groups excluding carboxylic acids is 1. The fourth-order valence-corrected chi connectivity index (χ4v) is 2.21. The van der Waals surface area contributed by atoms with Crippen LogP contribution in [-0.4, -0.2) is 18.1 Å². The maximum Gasteiger partial charge on any atom is 0.262 e. The highest BCUT2D eigenvalue weighted by atomic mass is 16.5. The third-order valence-corrected chi connectivity index (χ3v) is 3.53. The van der Waals surface area contributed by atoms with Crippen LogP contribution in [0.15, 0.2) is 54.1 Å². The van der Waals surface area contributed by atoms with E-state index in [4.69, 9.17) is 4.74 Å². The van der Waals surface area contributed by atoms with E-state index in [1.807, 2.05) is 43.3 Å². The molecular formula is C19H18N2O3. The van der Waals surface area contributed by atoms with Crippen LogP contribution in [0, 0.1) is 11.3 Å². The SMILES string of the molecule is COc1ccc(/C=C(/C#N)C(=O)N[C@@H](C)c2ccccc2)cc1O. The first kappa shape index (κ1) is 17.1. The van der Waals surface area contributed by atoms with Crippen molar-refractivity contribution >= 4 is 12.0 Å². The van der Waals surface area contributed by atoms with Gasteiger partial charge in [-0.15, -0.1) is 0 Å². The van der Waals surface area contributed by atoms with Crippen LogP contribution in [0.4, 0.5) is 0 Å². The molecule has 1 atom stereocenters. The molecule has 0 heterocycles. The van der Waals surface area contributed by atoms with Gasteiger partial charge < -0.3 is 15.2 Å². The molecule has 1 amide bonds. The Morgan fingerprint density at radius 1 is 1.29 bits per heavy atom. The zero-order valence-corrected chi connectivity index (χ0v) is 13.5. The Hall–Kier alpha value is -3.26. The van der Waals surface area contributed by atoms with Crippen LogP contribution in [0.3, 0.4) is 0 Å². The Labute approximate surface area is 140 Å². The normalized spacial score (nSPS) is 12.1. The molecule has 0 fully saturated rings. The monoisotopic (exact) mass is 322 g/mol. The summed E-state index contributed by atoms with van der Waals surface area (Å²) in [6, 6.07) is 15.8. The second-order valence-electron chi connectivity index (χ2n) is 5.21. The lowest BCUT2D eigenvalue weighted by molar-refractivity contribution is -0.117. The quantitative estimate of drug-likeness (QED) is 0.654. The van der Waals surface area contributed by atoms with Gasteiger partial charge in [0.05, 0.1) is 13.2 Å². The van der Waals surface area contributed by atoms with Crippen molar-refractivity contribution in [2.24, 2.45) is 0 Å². The molecule has 2 N–H and O–H groups in total. The number of amides is 1. The van der Waals surface area contributed by atoms with Gasteiger partial charge in [-0.3, -0.25) is 4.79 Å². The van der Waals surface area contributed by atoms with Crippen LogP contribution >= 0.6 is 0 Å². The smallest absolute Gasteiger partial charge is 0.262 e. The first-order chi connectivity index (χ1) is 11.5. The third-order valence-electron chi connectivity index (χ3n) is 3.53. The Morgan fingerprint density at radius 2 is 2.00 bits per heavy atom. The first-order valence-electron chi connectivity index (χ1n) is 7.39. The lowest BCUT2D eigenvalue weighted by Crippen LogP contribution is -2.27. The highest BCUT2D eigenvalue weighted by molar-refractivity contribution is 6.01. The summed E-state index contributed by atoms with van der Waals surface area (Å²) in [6.45, 7) is 1.85. The van der Waals surface area contributed by atoms with Crippen molar-refractivity contribution in [2.75, 3.05) is 7.11 Å². The van der Waals surface area contributed by atoms with Gasteiger partial charge in [0, 0.05) is 0 Å². The molecule has 0 aliphatic rings. The van der Waals surface area contributed by atoms with Crippen LogP contribution in [0.25, 0.3) is 6.08 Å². The molecule has 2 aromatic rings. The minimum Gasteiger partial charge on any atom is -0.504 e. The zero-order valence-electron chi connectivity index (χ0n) is 13.5. The number of phenols is 1. The third kappa shape index (κ3) is 4.14. The second-order valence-corrected chi connectivity index (χ2v) is 5.21. The molecule has 0 aromatic heterocycles. The maximum absolute atomic E-state index is 12.3. The molecule has 0 unspecified atom stereocenters. The number of nitriles is 1. The van der Waals surface area contributed by atoms with Crippen LogP contribution in [0.5, 0.6) is 11.5 Å². The number of methoxy groups -OCH3 is 1. The average molecular weight is 322 g/mol. The number of benzene rings is 2. The van der Waals surface area contributed by atoms with E-state index >= 15 is 0 Å². The molecule has 0 aliphatic carbocycles. The van der Waals surface area contributed by atoms with Gasteiger partial charge in [0.25, 0.3) is 5.91 Å². The molecule has 0 spiro atoms. The van der Waals surface area contributed by atoms with Crippen molar-refractivity contribution in [1.29, 1.82) is 5.26 Å². The molecule has 2 aromatic carbocycles. The molecule has 0 bridgehead atoms. The van der Waals surface area contributed by atoms with Crippen LogP contribution in [-0.2, 0) is 4.79 Å². The highest BCUT2D eigenvalue weighted by Gasteiger charge is 2.14. The van der Waals surface area contributed by atoms with Crippen molar-refractivity contribution < 1.29 is 14.6 Å². The number of rotatable bonds is 5. The summed E-state index contributed by atoms with van der Waals surface area (Å²) >= 11 is 0. The Morgan fingerprint density at radius 3 is 2.58 bits per heavy atom. The van der Waals surface area contributed by atoms with Crippen molar-refractivity contribution in [3.05, 3.63) is 65.2 Å². The zero-order chi connectivity index (χ0) is 17.5. The van der Waals surface area contributed by atoms with E-state index in [-0.39, 0.29) is 17.4 Å². The number of nitrogens with one attached hydrogen (secondary N) is 1. The van der Waals surface area contributed by atoms with Crippen molar-refractivity contribution in [3.63, 3.8) is 0 Å². The number of carbonyl (C=O) groups is 1. The maximum atomic E-state index is 12.3. The van der Waals surface area contributed by atoms with E-state index in [0.717, 1.165) is 5.56 Å². The Kier molecular flexibility index (Phi) is 5.58. The lowest BCUT2D eigenvalue weighted by Gasteiger charge is -2.13. The van der Waals surface area contributed by atoms with Gasteiger partial charge in [-0.2, -0.15) is 5.26 Å². The summed E-state index contributed by atoms with van der Waals surface area (Å²) in [4.78, 5) is 12.3. The molecule has 5 nitrogen and oxygen atoms in total. The Balaban J connectivity index is 2.17. The van der Waals surface area contributed by atoms with Gasteiger partial charge in [-0.25, -0.2) is 0 Å². The van der Waals surface area contributed by atoms with E-state index in [1.165, 1.54) is 19.3 Å². The van der Waals surface area contributed by atoms with Crippen LogP contribution < -0.4 is 10.1 Å². The van der Waals surface area contributed by atoms with E-state index in [2.05, 4.69) is 5.32 Å². The summed E-state index contributed by atoms with van der Waals surface area (Å²) in [7, 11) is 1.45. The molecule has 0 saturated carbocycles. The Bertz CT molecular complexity index is 792. The highest BCUT2D eigenvalue weighted by Crippen LogP contribution is 2.27. The topological polar surface area (TPSA) is 82.3 Å². The average Bonchev–Trinajstić information content (AvgIpc) is 2.60. The molecular weight excluding hydrogens is 304 g/mol. The van der Waals surface area contributed by atoms with Crippen molar-refractivity contribution in [2.45, 2.75) is 13.0 Å². The fourth-order valence-electron chi connectivity index (χ4n) is 2.21. The molecule has 5 heteroatoms. The van der Waals surface area contributed by atoms with Gasteiger partial charge >= 0.3 is 0 Å². The minimum absolute atomic E-state index is 0.0395. The summed E-state index contributed by atoms with van der Waals surface area (Å²) in [5.41, 5.74) is 1.44. The molecule has 0 radical (unpaired) electrons. The number of aromatic hydroxyl groups is 1. The van der Waals surface area contributed by atoms with Gasteiger partial charge in [-0.05, 0) is 36.3 Å². The van der Waals surface area contributed by atoms with Gasteiger partial charge in [-0.1, -0.05) is 36.4 Å². The predicted octanol–water partition coefficient (Wildman–Crippen LogP) is 3.19. The molecule has 0 saturated heterocycles. The fraction of sp³-hybridized carbons (Fsp3) is 0.158. The number of phenolic OH excluding ortho intramolecular Hbond substituents is 1.